The Morgan fingerprint density at radius 3 is 2.67 bits per heavy atom. The summed E-state index contributed by atoms with van der Waals surface area (Å²) in [5, 5.41) is 0. The van der Waals surface area contributed by atoms with Gasteiger partial charge in [-0.25, -0.2) is 0 Å². The van der Waals surface area contributed by atoms with Crippen LogP contribution in [0.5, 0.6) is 5.88 Å². The first-order valence-electron chi connectivity index (χ1n) is 5.85. The average Bonchev–Trinajstić information content (AvgIpc) is 2.76. The summed E-state index contributed by atoms with van der Waals surface area (Å²) in [5.41, 5.74) is 0. The lowest BCUT2D eigenvalue weighted by Gasteiger charge is -2.17. The zero-order valence-electron chi connectivity index (χ0n) is 9.83. The smallest absolute Gasteiger partial charge is 0.190 e. The van der Waals surface area contributed by atoms with Crippen LogP contribution in [0.4, 0.5) is 0 Å². The molecule has 86 valence electrons. The third-order valence-electron chi connectivity index (χ3n) is 2.59. The van der Waals surface area contributed by atoms with Crippen LogP contribution in [0.1, 0.15) is 26.7 Å². The molecule has 0 unspecified atom stereocenters. The van der Waals surface area contributed by atoms with E-state index in [1.165, 1.54) is 13.0 Å². The quantitative estimate of drug-likeness (QED) is 0.668. The summed E-state index contributed by atoms with van der Waals surface area (Å²) in [5.74, 6) is 0.873. The molecule has 0 saturated carbocycles. The number of nitrogens with one attached hydrogen (secondary N) is 1. The fourth-order valence-corrected chi connectivity index (χ4v) is 1.56. The van der Waals surface area contributed by atoms with Gasteiger partial charge in [0.05, 0.1) is 6.61 Å². The minimum Gasteiger partial charge on any atom is -0.479 e. The molecule has 1 aromatic rings. The van der Waals surface area contributed by atoms with Gasteiger partial charge in [-0.2, -0.15) is 0 Å². The third-order valence-corrected chi connectivity index (χ3v) is 2.59. The first kappa shape index (κ1) is 12.1. The Kier molecular flexibility index (Phi) is 5.93. The maximum absolute atomic E-state index is 5.52. The van der Waals surface area contributed by atoms with Crippen LogP contribution in [0.25, 0.3) is 0 Å². The van der Waals surface area contributed by atoms with E-state index in [0.717, 1.165) is 32.0 Å². The molecule has 0 aliphatic carbocycles. The molecule has 0 bridgehead atoms. The Morgan fingerprint density at radius 2 is 2.07 bits per heavy atom. The van der Waals surface area contributed by atoms with Gasteiger partial charge in [-0.1, -0.05) is 13.8 Å². The predicted molar refractivity (Wildman–Crippen MR) is 63.3 cm³/mol. The molecule has 1 N–H and O–H groups in total. The van der Waals surface area contributed by atoms with Gasteiger partial charge in [-0.3, -0.25) is 0 Å². The van der Waals surface area contributed by atoms with Gasteiger partial charge < -0.3 is 14.6 Å². The van der Waals surface area contributed by atoms with E-state index in [1.807, 2.05) is 18.3 Å². The predicted octanol–water partition coefficient (Wildman–Crippen LogP) is 2.52. The highest BCUT2D eigenvalue weighted by atomic mass is 16.5. The largest absolute Gasteiger partial charge is 0.479 e. The summed E-state index contributed by atoms with van der Waals surface area (Å²) in [4.78, 5) is 5.47. The Hall–Kier alpha value is -0.960. The number of nitrogens with zero attached hydrogens (tertiary/aromatic N) is 1. The lowest BCUT2D eigenvalue weighted by molar-refractivity contribution is 0.262. The molecule has 3 nitrogen and oxygen atoms in total. The standard InChI is InChI=1S/C12H22N2O/c1-3-14(4-2)10-5-6-11-15-12-8-7-9-13-12/h7-9,13H,3-6,10-11H2,1-2H3. The molecule has 0 radical (unpaired) electrons. The van der Waals surface area contributed by atoms with Gasteiger partial charge in [-0.15, -0.1) is 0 Å². The normalized spacial score (nSPS) is 10.9. The van der Waals surface area contributed by atoms with Crippen molar-refractivity contribution in [2.45, 2.75) is 26.7 Å². The van der Waals surface area contributed by atoms with E-state index in [-0.39, 0.29) is 0 Å². The molecule has 0 atom stereocenters. The number of aromatic amines is 1. The molecule has 0 spiro atoms. The van der Waals surface area contributed by atoms with E-state index in [0.29, 0.717) is 0 Å². The van der Waals surface area contributed by atoms with Gasteiger partial charge in [0.25, 0.3) is 0 Å². The molecule has 1 aromatic heterocycles. The topological polar surface area (TPSA) is 28.3 Å². The molecule has 15 heavy (non-hydrogen) atoms. The maximum Gasteiger partial charge on any atom is 0.190 e. The summed E-state index contributed by atoms with van der Waals surface area (Å²) in [6.45, 7) is 8.70. The monoisotopic (exact) mass is 210 g/mol. The van der Waals surface area contributed by atoms with Crippen molar-refractivity contribution in [3.05, 3.63) is 18.3 Å². The Morgan fingerprint density at radius 1 is 1.27 bits per heavy atom. The van der Waals surface area contributed by atoms with Crippen LogP contribution >= 0.6 is 0 Å². The molecule has 0 aromatic carbocycles. The van der Waals surface area contributed by atoms with Gasteiger partial charge >= 0.3 is 0 Å². The highest BCUT2D eigenvalue weighted by Gasteiger charge is 1.98. The van der Waals surface area contributed by atoms with Crippen LogP contribution in [0.2, 0.25) is 0 Å². The van der Waals surface area contributed by atoms with Gasteiger partial charge in [0.2, 0.25) is 0 Å². The van der Waals surface area contributed by atoms with Crippen LogP contribution in [0, 0.1) is 0 Å². The van der Waals surface area contributed by atoms with E-state index in [4.69, 9.17) is 4.74 Å². The number of aromatic nitrogens is 1. The van der Waals surface area contributed by atoms with Crippen LogP contribution < -0.4 is 4.74 Å². The van der Waals surface area contributed by atoms with Crippen LogP contribution in [0.15, 0.2) is 18.3 Å². The second-order valence-electron chi connectivity index (χ2n) is 3.62. The second kappa shape index (κ2) is 7.35. The summed E-state index contributed by atoms with van der Waals surface area (Å²) < 4.78 is 5.52. The minimum atomic E-state index is 0.807. The number of hydrogen-bond acceptors (Lipinski definition) is 2. The number of H-pyrrole nitrogens is 1. The highest BCUT2D eigenvalue weighted by Crippen LogP contribution is 2.05. The SMILES string of the molecule is CCN(CC)CCCCOc1ccc[nH]1. The van der Waals surface area contributed by atoms with Crippen molar-refractivity contribution in [3.63, 3.8) is 0 Å². The van der Waals surface area contributed by atoms with Gasteiger partial charge in [0.15, 0.2) is 5.88 Å². The molecule has 0 aliphatic heterocycles. The van der Waals surface area contributed by atoms with Crippen molar-refractivity contribution >= 4 is 0 Å². The van der Waals surface area contributed by atoms with Crippen LogP contribution in [0.3, 0.4) is 0 Å². The average molecular weight is 210 g/mol. The molecule has 0 amide bonds. The minimum absolute atomic E-state index is 0.807. The van der Waals surface area contributed by atoms with Crippen molar-refractivity contribution in [3.8, 4) is 5.88 Å². The van der Waals surface area contributed by atoms with Crippen molar-refractivity contribution in [1.29, 1.82) is 0 Å². The van der Waals surface area contributed by atoms with Crippen LogP contribution in [-0.2, 0) is 0 Å². The van der Waals surface area contributed by atoms with Gasteiger partial charge in [0.1, 0.15) is 0 Å². The van der Waals surface area contributed by atoms with Crippen molar-refractivity contribution in [2.24, 2.45) is 0 Å². The highest BCUT2D eigenvalue weighted by molar-refractivity contribution is 5.09. The number of hydrogen-bond donors (Lipinski definition) is 1. The first-order chi connectivity index (χ1) is 7.36. The van der Waals surface area contributed by atoms with Crippen LogP contribution in [-0.4, -0.2) is 36.1 Å². The molecule has 0 saturated heterocycles. The summed E-state index contributed by atoms with van der Waals surface area (Å²) in [6, 6.07) is 3.90. The van der Waals surface area contributed by atoms with Crippen molar-refractivity contribution in [2.75, 3.05) is 26.2 Å². The summed E-state index contributed by atoms with van der Waals surface area (Å²) in [7, 11) is 0. The number of unbranched alkanes of at least 4 members (excludes halogenated alkanes) is 1. The van der Waals surface area contributed by atoms with Gasteiger partial charge in [0, 0.05) is 6.20 Å². The molecule has 1 rings (SSSR count). The van der Waals surface area contributed by atoms with E-state index >= 15 is 0 Å². The Labute approximate surface area is 92.4 Å². The second-order valence-corrected chi connectivity index (χ2v) is 3.62. The maximum atomic E-state index is 5.52. The molecular weight excluding hydrogens is 188 g/mol. The molecule has 3 heteroatoms. The fourth-order valence-electron chi connectivity index (χ4n) is 1.56. The van der Waals surface area contributed by atoms with E-state index in [1.54, 1.807) is 0 Å². The summed E-state index contributed by atoms with van der Waals surface area (Å²) in [6.07, 6.45) is 4.21. The van der Waals surface area contributed by atoms with E-state index < -0.39 is 0 Å². The van der Waals surface area contributed by atoms with Gasteiger partial charge in [-0.05, 0) is 44.6 Å². The Bertz CT molecular complexity index is 230. The third kappa shape index (κ3) is 4.88. The molecule has 1 heterocycles. The van der Waals surface area contributed by atoms with E-state index in [9.17, 15) is 0 Å². The summed E-state index contributed by atoms with van der Waals surface area (Å²) >= 11 is 0. The fraction of sp³-hybridized carbons (Fsp3) is 0.667. The lowest BCUT2D eigenvalue weighted by atomic mass is 10.3. The lowest BCUT2D eigenvalue weighted by Crippen LogP contribution is -2.24. The van der Waals surface area contributed by atoms with Crippen molar-refractivity contribution < 1.29 is 4.74 Å². The molecule has 0 fully saturated rings. The first-order valence-corrected chi connectivity index (χ1v) is 5.85. The number of rotatable bonds is 8. The Balaban J connectivity index is 1.97. The molecule has 0 aliphatic rings. The molecular formula is C12H22N2O. The zero-order chi connectivity index (χ0) is 10.9. The zero-order valence-corrected chi connectivity index (χ0v) is 9.83. The van der Waals surface area contributed by atoms with Crippen molar-refractivity contribution in [1.82, 2.24) is 9.88 Å². The van der Waals surface area contributed by atoms with E-state index in [2.05, 4.69) is 23.7 Å². The number of ether oxygens (including phenoxy) is 1.